The number of methoxy groups -OCH3 is 1. The minimum absolute atomic E-state index is 0.163. The molecular weight excluding hydrogens is 458 g/mol. The Balaban J connectivity index is 1.44. The van der Waals surface area contributed by atoms with Crippen LogP contribution in [0, 0.1) is 0 Å². The number of hydrogen-bond donors (Lipinski definition) is 1. The summed E-state index contributed by atoms with van der Waals surface area (Å²) in [7, 11) is -2.09. The van der Waals surface area contributed by atoms with Crippen molar-refractivity contribution in [3.8, 4) is 17.2 Å². The maximum atomic E-state index is 13.1. The fraction of sp³-hybridized carbons (Fsp3) is 0.375. The van der Waals surface area contributed by atoms with E-state index >= 15 is 0 Å². The van der Waals surface area contributed by atoms with Crippen LogP contribution in [0.25, 0.3) is 6.08 Å². The zero-order valence-corrected chi connectivity index (χ0v) is 20.1. The number of amides is 1. The number of likely N-dealkylation sites (N-methyl/N-ethyl adjacent to an activating group) is 1. The lowest BCUT2D eigenvalue weighted by Crippen LogP contribution is -2.48. The molecule has 1 saturated heterocycles. The molecule has 182 valence electrons. The third-order valence-electron chi connectivity index (χ3n) is 5.80. The van der Waals surface area contributed by atoms with Crippen LogP contribution < -0.4 is 19.5 Å². The van der Waals surface area contributed by atoms with Gasteiger partial charge in [-0.05, 0) is 48.5 Å². The first-order chi connectivity index (χ1) is 16.4. The quantitative estimate of drug-likeness (QED) is 0.599. The first-order valence-electron chi connectivity index (χ1n) is 11.2. The smallest absolute Gasteiger partial charge is 0.248 e. The molecule has 0 atom stereocenters. The first-order valence-corrected chi connectivity index (χ1v) is 12.6. The Morgan fingerprint density at radius 1 is 1.12 bits per heavy atom. The van der Waals surface area contributed by atoms with E-state index in [0.717, 1.165) is 6.54 Å². The van der Waals surface area contributed by atoms with Crippen molar-refractivity contribution in [1.29, 1.82) is 0 Å². The molecule has 1 N–H and O–H groups in total. The number of hydrogen-bond acceptors (Lipinski definition) is 7. The zero-order chi connectivity index (χ0) is 24.1. The third-order valence-corrected chi connectivity index (χ3v) is 7.69. The molecule has 9 nitrogen and oxygen atoms in total. The van der Waals surface area contributed by atoms with Crippen LogP contribution in [0.15, 0.2) is 47.4 Å². The summed E-state index contributed by atoms with van der Waals surface area (Å²) >= 11 is 0. The molecule has 0 aromatic heterocycles. The zero-order valence-electron chi connectivity index (χ0n) is 19.3. The van der Waals surface area contributed by atoms with Crippen LogP contribution in [0.1, 0.15) is 12.5 Å². The highest BCUT2D eigenvalue weighted by molar-refractivity contribution is 7.89. The van der Waals surface area contributed by atoms with Crippen LogP contribution in [-0.2, 0) is 14.8 Å². The van der Waals surface area contributed by atoms with Crippen molar-refractivity contribution in [2.45, 2.75) is 11.8 Å². The third kappa shape index (κ3) is 5.35. The molecule has 2 aliphatic rings. The van der Waals surface area contributed by atoms with Gasteiger partial charge in [0.1, 0.15) is 13.2 Å². The number of piperazine rings is 1. The van der Waals surface area contributed by atoms with Crippen molar-refractivity contribution in [3.63, 3.8) is 0 Å². The summed E-state index contributed by atoms with van der Waals surface area (Å²) in [6, 6.07) is 9.84. The van der Waals surface area contributed by atoms with E-state index in [9.17, 15) is 13.2 Å². The van der Waals surface area contributed by atoms with Gasteiger partial charge in [0, 0.05) is 37.9 Å². The molecule has 2 heterocycles. The summed E-state index contributed by atoms with van der Waals surface area (Å²) in [6.45, 7) is 6.19. The van der Waals surface area contributed by atoms with Crippen molar-refractivity contribution in [2.24, 2.45) is 0 Å². The summed E-state index contributed by atoms with van der Waals surface area (Å²) in [5.74, 6) is 1.24. The van der Waals surface area contributed by atoms with Crippen LogP contribution >= 0.6 is 0 Å². The predicted octanol–water partition coefficient (Wildman–Crippen LogP) is 2.44. The minimum atomic E-state index is -3.63. The van der Waals surface area contributed by atoms with Crippen LogP contribution in [0.4, 0.5) is 5.69 Å². The molecule has 2 aliphatic heterocycles. The molecule has 0 spiro atoms. The number of anilines is 1. The fourth-order valence-corrected chi connectivity index (χ4v) is 5.38. The van der Waals surface area contributed by atoms with Gasteiger partial charge in [-0.15, -0.1) is 0 Å². The molecule has 0 aliphatic carbocycles. The Bertz CT molecular complexity index is 1160. The van der Waals surface area contributed by atoms with Crippen LogP contribution in [0.2, 0.25) is 0 Å². The lowest BCUT2D eigenvalue weighted by Gasteiger charge is -2.33. The van der Waals surface area contributed by atoms with Crippen LogP contribution in [0.3, 0.4) is 0 Å². The monoisotopic (exact) mass is 487 g/mol. The normalized spacial score (nSPS) is 17.0. The molecule has 4 rings (SSSR count). The molecule has 10 heteroatoms. The summed E-state index contributed by atoms with van der Waals surface area (Å²) < 4.78 is 44.2. The number of ether oxygens (including phenoxy) is 3. The molecule has 2 aromatic rings. The van der Waals surface area contributed by atoms with E-state index in [-0.39, 0.29) is 10.8 Å². The lowest BCUT2D eigenvalue weighted by atomic mass is 10.1. The van der Waals surface area contributed by atoms with E-state index in [1.807, 2.05) is 0 Å². The van der Waals surface area contributed by atoms with E-state index in [2.05, 4.69) is 17.1 Å². The Morgan fingerprint density at radius 3 is 2.62 bits per heavy atom. The van der Waals surface area contributed by atoms with Gasteiger partial charge < -0.3 is 24.4 Å². The van der Waals surface area contributed by atoms with Gasteiger partial charge in [0.2, 0.25) is 21.7 Å². The van der Waals surface area contributed by atoms with E-state index in [4.69, 9.17) is 14.2 Å². The van der Waals surface area contributed by atoms with Gasteiger partial charge in [0.15, 0.2) is 11.5 Å². The molecule has 2 aromatic carbocycles. The number of benzene rings is 2. The maximum absolute atomic E-state index is 13.1. The average molecular weight is 488 g/mol. The molecule has 0 bridgehead atoms. The first kappa shape index (κ1) is 24.1. The second-order valence-electron chi connectivity index (χ2n) is 7.94. The predicted molar refractivity (Wildman–Crippen MR) is 129 cm³/mol. The Kier molecular flexibility index (Phi) is 7.40. The van der Waals surface area contributed by atoms with Crippen molar-refractivity contribution in [1.82, 2.24) is 9.21 Å². The fourth-order valence-electron chi connectivity index (χ4n) is 3.91. The molecular formula is C24H29N3O6S. The van der Waals surface area contributed by atoms with Crippen LogP contribution in [-0.4, -0.2) is 76.6 Å². The highest BCUT2D eigenvalue weighted by Gasteiger charge is 2.28. The molecule has 1 amide bonds. The van der Waals surface area contributed by atoms with Crippen molar-refractivity contribution >= 4 is 27.7 Å². The number of fused-ring (bicyclic) bond motifs is 1. The standard InChI is InChI=1S/C24H29N3O6S/c1-3-26-9-11-27(12-10-26)34(29,30)20-6-4-5-19(17-20)25-23(28)8-7-18-15-21(31-2)24-22(16-18)32-13-14-33-24/h4-8,15-17H,3,9-14H2,1-2H3,(H,25,28)/b8-7+. The SMILES string of the molecule is CCN1CCN(S(=O)(=O)c2cccc(NC(=O)/C=C/c3cc(OC)c4c(c3)OCCO4)c2)CC1. The van der Waals surface area contributed by atoms with Gasteiger partial charge in [-0.2, -0.15) is 4.31 Å². The Labute approximate surface area is 199 Å². The van der Waals surface area contributed by atoms with Crippen LogP contribution in [0.5, 0.6) is 17.2 Å². The lowest BCUT2D eigenvalue weighted by molar-refractivity contribution is -0.111. The topological polar surface area (TPSA) is 97.4 Å². The van der Waals surface area contributed by atoms with E-state index in [1.165, 1.54) is 16.4 Å². The highest BCUT2D eigenvalue weighted by atomic mass is 32.2. The van der Waals surface area contributed by atoms with Gasteiger partial charge >= 0.3 is 0 Å². The van der Waals surface area contributed by atoms with Gasteiger partial charge in [-0.1, -0.05) is 13.0 Å². The molecule has 0 radical (unpaired) electrons. The Hall–Kier alpha value is -3.08. The summed E-state index contributed by atoms with van der Waals surface area (Å²) in [4.78, 5) is 14.9. The Morgan fingerprint density at radius 2 is 1.88 bits per heavy atom. The molecule has 34 heavy (non-hydrogen) atoms. The van der Waals surface area contributed by atoms with Gasteiger partial charge in [0.25, 0.3) is 0 Å². The molecule has 0 unspecified atom stereocenters. The maximum Gasteiger partial charge on any atom is 0.248 e. The highest BCUT2D eigenvalue weighted by Crippen LogP contribution is 2.40. The number of nitrogens with one attached hydrogen (secondary N) is 1. The van der Waals surface area contributed by atoms with E-state index in [0.29, 0.717) is 67.9 Å². The second kappa shape index (κ2) is 10.5. The second-order valence-corrected chi connectivity index (χ2v) is 9.87. The van der Waals surface area contributed by atoms with E-state index < -0.39 is 10.0 Å². The summed E-state index contributed by atoms with van der Waals surface area (Å²) in [5, 5.41) is 2.73. The average Bonchev–Trinajstić information content (AvgIpc) is 2.87. The molecule has 1 fully saturated rings. The number of carbonyl (C=O) groups excluding carboxylic acids is 1. The minimum Gasteiger partial charge on any atom is -0.493 e. The van der Waals surface area contributed by atoms with Gasteiger partial charge in [0.05, 0.1) is 12.0 Å². The van der Waals surface area contributed by atoms with Crippen molar-refractivity contribution in [3.05, 3.63) is 48.0 Å². The number of rotatable bonds is 7. The molecule has 0 saturated carbocycles. The summed E-state index contributed by atoms with van der Waals surface area (Å²) in [5.41, 5.74) is 1.11. The number of nitrogens with zero attached hydrogens (tertiary/aromatic N) is 2. The van der Waals surface area contributed by atoms with Crippen molar-refractivity contribution < 1.29 is 27.4 Å². The number of sulfonamides is 1. The van der Waals surface area contributed by atoms with Gasteiger partial charge in [-0.25, -0.2) is 8.42 Å². The van der Waals surface area contributed by atoms with E-state index in [1.54, 1.807) is 43.5 Å². The van der Waals surface area contributed by atoms with Crippen molar-refractivity contribution in [2.75, 3.05) is 58.4 Å². The summed E-state index contributed by atoms with van der Waals surface area (Å²) in [6.07, 6.45) is 3.00. The largest absolute Gasteiger partial charge is 0.493 e. The van der Waals surface area contributed by atoms with Gasteiger partial charge in [-0.3, -0.25) is 4.79 Å². The number of carbonyl (C=O) groups is 1.